The van der Waals surface area contributed by atoms with Gasteiger partial charge in [-0.1, -0.05) is 48.5 Å². The third kappa shape index (κ3) is 3.23. The van der Waals surface area contributed by atoms with Gasteiger partial charge in [-0.3, -0.25) is 4.79 Å². The number of carbonyl (C=O) groups is 1. The summed E-state index contributed by atoms with van der Waals surface area (Å²) in [4.78, 5) is 17.1. The second-order valence-corrected chi connectivity index (χ2v) is 5.72. The molecule has 0 spiro atoms. The minimum atomic E-state index is -0.168. The molecule has 0 radical (unpaired) electrons. The zero-order chi connectivity index (χ0) is 17.8. The summed E-state index contributed by atoms with van der Waals surface area (Å²) in [6.07, 6.45) is 5.13. The van der Waals surface area contributed by atoms with Crippen LogP contribution >= 0.6 is 0 Å². The van der Waals surface area contributed by atoms with E-state index in [1.54, 1.807) is 17.1 Å². The lowest BCUT2D eigenvalue weighted by atomic mass is 9.99. The van der Waals surface area contributed by atoms with Crippen LogP contribution in [0.5, 0.6) is 0 Å². The van der Waals surface area contributed by atoms with Crippen molar-refractivity contribution in [1.82, 2.24) is 14.8 Å². The quantitative estimate of drug-likeness (QED) is 0.606. The van der Waals surface area contributed by atoms with Crippen molar-refractivity contribution in [2.75, 3.05) is 5.32 Å². The lowest BCUT2D eigenvalue weighted by Crippen LogP contribution is -2.13. The van der Waals surface area contributed by atoms with Crippen molar-refractivity contribution in [3.8, 4) is 16.9 Å². The molecule has 1 amide bonds. The Morgan fingerprint density at radius 3 is 2.42 bits per heavy atom. The lowest BCUT2D eigenvalue weighted by Gasteiger charge is -2.10. The fraction of sp³-hybridized carbons (Fsp3) is 0. The van der Waals surface area contributed by atoms with E-state index >= 15 is 0 Å². The highest BCUT2D eigenvalue weighted by Gasteiger charge is 2.12. The van der Waals surface area contributed by atoms with Crippen LogP contribution in [0.4, 0.5) is 5.69 Å². The Bertz CT molecular complexity index is 1010. The summed E-state index contributed by atoms with van der Waals surface area (Å²) in [5, 5.41) is 7.05. The Morgan fingerprint density at radius 1 is 0.885 bits per heavy atom. The van der Waals surface area contributed by atoms with Crippen LogP contribution in [0.1, 0.15) is 10.4 Å². The van der Waals surface area contributed by atoms with Crippen molar-refractivity contribution < 1.29 is 4.79 Å². The van der Waals surface area contributed by atoms with Crippen LogP contribution < -0.4 is 5.32 Å². The van der Waals surface area contributed by atoms with Gasteiger partial charge in [0.1, 0.15) is 0 Å². The first kappa shape index (κ1) is 15.8. The molecule has 2 aromatic heterocycles. The maximum absolute atomic E-state index is 12.8. The van der Waals surface area contributed by atoms with Gasteiger partial charge in [-0.25, -0.2) is 9.67 Å². The Morgan fingerprint density at radius 2 is 1.69 bits per heavy atom. The molecular formula is C21H16N4O. The van der Waals surface area contributed by atoms with E-state index in [1.807, 2.05) is 79.0 Å². The van der Waals surface area contributed by atoms with Gasteiger partial charge in [0.2, 0.25) is 0 Å². The summed E-state index contributed by atoms with van der Waals surface area (Å²) in [6.45, 7) is 0. The first-order valence-electron chi connectivity index (χ1n) is 8.23. The van der Waals surface area contributed by atoms with Crippen LogP contribution in [-0.2, 0) is 0 Å². The standard InChI is InChI=1S/C21H16N4O/c26-21(19-10-5-4-9-18(19)16-7-2-1-3-8-16)24-17-11-12-20(22-15-17)25-14-6-13-23-25/h1-15H,(H,24,26). The van der Waals surface area contributed by atoms with Crippen LogP contribution in [0.15, 0.2) is 91.4 Å². The van der Waals surface area contributed by atoms with Crippen LogP contribution in [0.2, 0.25) is 0 Å². The van der Waals surface area contributed by atoms with Crippen LogP contribution in [-0.4, -0.2) is 20.7 Å². The van der Waals surface area contributed by atoms with E-state index < -0.39 is 0 Å². The lowest BCUT2D eigenvalue weighted by molar-refractivity contribution is 0.102. The molecule has 2 aromatic carbocycles. The smallest absolute Gasteiger partial charge is 0.256 e. The predicted molar refractivity (Wildman–Crippen MR) is 101 cm³/mol. The monoisotopic (exact) mass is 340 g/mol. The number of pyridine rings is 1. The molecule has 1 N–H and O–H groups in total. The Hall–Kier alpha value is -3.73. The van der Waals surface area contributed by atoms with Crippen molar-refractivity contribution in [2.45, 2.75) is 0 Å². The molecule has 126 valence electrons. The zero-order valence-corrected chi connectivity index (χ0v) is 13.9. The van der Waals surface area contributed by atoms with E-state index in [0.29, 0.717) is 17.1 Å². The molecule has 0 aliphatic heterocycles. The van der Waals surface area contributed by atoms with E-state index in [9.17, 15) is 4.79 Å². The van der Waals surface area contributed by atoms with Gasteiger partial charge in [0.25, 0.3) is 5.91 Å². The Labute approximate surface area is 151 Å². The number of hydrogen-bond donors (Lipinski definition) is 1. The average Bonchev–Trinajstić information content (AvgIpc) is 3.24. The number of benzene rings is 2. The molecule has 0 atom stereocenters. The molecule has 0 aliphatic rings. The summed E-state index contributed by atoms with van der Waals surface area (Å²) >= 11 is 0. The molecule has 0 fully saturated rings. The van der Waals surface area contributed by atoms with Gasteiger partial charge < -0.3 is 5.32 Å². The fourth-order valence-electron chi connectivity index (χ4n) is 2.75. The maximum atomic E-state index is 12.8. The summed E-state index contributed by atoms with van der Waals surface area (Å²) in [7, 11) is 0. The molecule has 2 heterocycles. The van der Waals surface area contributed by atoms with Gasteiger partial charge in [-0.05, 0) is 35.4 Å². The number of rotatable bonds is 4. The molecule has 5 nitrogen and oxygen atoms in total. The molecule has 5 heteroatoms. The molecule has 4 aromatic rings. The van der Waals surface area contributed by atoms with Gasteiger partial charge >= 0.3 is 0 Å². The Kier molecular flexibility index (Phi) is 4.26. The normalized spacial score (nSPS) is 10.5. The second kappa shape index (κ2) is 7.03. The minimum Gasteiger partial charge on any atom is -0.321 e. The van der Waals surface area contributed by atoms with Gasteiger partial charge in [-0.15, -0.1) is 0 Å². The van der Waals surface area contributed by atoms with E-state index in [1.165, 1.54) is 0 Å². The van der Waals surface area contributed by atoms with Gasteiger partial charge in [0, 0.05) is 18.0 Å². The van der Waals surface area contributed by atoms with Gasteiger partial charge in [0.05, 0.1) is 11.9 Å². The average molecular weight is 340 g/mol. The minimum absolute atomic E-state index is 0.168. The van der Waals surface area contributed by atoms with Gasteiger partial charge in [0.15, 0.2) is 5.82 Å². The van der Waals surface area contributed by atoms with Crippen molar-refractivity contribution >= 4 is 11.6 Å². The van der Waals surface area contributed by atoms with Crippen molar-refractivity contribution in [2.24, 2.45) is 0 Å². The second-order valence-electron chi connectivity index (χ2n) is 5.72. The Balaban J connectivity index is 1.58. The van der Waals surface area contributed by atoms with Crippen LogP contribution in [0, 0.1) is 0 Å². The fourth-order valence-corrected chi connectivity index (χ4v) is 2.75. The number of anilines is 1. The molecule has 0 saturated heterocycles. The summed E-state index contributed by atoms with van der Waals surface area (Å²) in [5.74, 6) is 0.524. The molecule has 26 heavy (non-hydrogen) atoms. The van der Waals surface area contributed by atoms with Crippen LogP contribution in [0.3, 0.4) is 0 Å². The maximum Gasteiger partial charge on any atom is 0.256 e. The molecule has 0 bridgehead atoms. The molecule has 4 rings (SSSR count). The molecule has 0 unspecified atom stereocenters. The van der Waals surface area contributed by atoms with E-state index in [-0.39, 0.29) is 5.91 Å². The number of nitrogens with zero attached hydrogens (tertiary/aromatic N) is 3. The largest absolute Gasteiger partial charge is 0.321 e. The first-order chi connectivity index (χ1) is 12.8. The SMILES string of the molecule is O=C(Nc1ccc(-n2cccn2)nc1)c1ccccc1-c1ccccc1. The number of nitrogens with one attached hydrogen (secondary N) is 1. The van der Waals surface area contributed by atoms with Crippen molar-refractivity contribution in [3.05, 3.63) is 97.0 Å². The number of aromatic nitrogens is 3. The van der Waals surface area contributed by atoms with E-state index in [4.69, 9.17) is 0 Å². The number of hydrogen-bond acceptors (Lipinski definition) is 3. The summed E-state index contributed by atoms with van der Waals surface area (Å²) < 4.78 is 1.66. The summed E-state index contributed by atoms with van der Waals surface area (Å²) in [5.41, 5.74) is 3.15. The predicted octanol–water partition coefficient (Wildman–Crippen LogP) is 4.19. The molecular weight excluding hydrogens is 324 g/mol. The highest BCUT2D eigenvalue weighted by Crippen LogP contribution is 2.24. The summed E-state index contributed by atoms with van der Waals surface area (Å²) in [6, 6.07) is 22.9. The number of amides is 1. The third-order valence-corrected chi connectivity index (χ3v) is 4.00. The zero-order valence-electron chi connectivity index (χ0n) is 13.9. The molecule has 0 aliphatic carbocycles. The topological polar surface area (TPSA) is 59.8 Å². The van der Waals surface area contributed by atoms with Crippen molar-refractivity contribution in [3.63, 3.8) is 0 Å². The van der Waals surface area contributed by atoms with E-state index in [0.717, 1.165) is 11.1 Å². The van der Waals surface area contributed by atoms with Crippen LogP contribution in [0.25, 0.3) is 16.9 Å². The first-order valence-corrected chi connectivity index (χ1v) is 8.23. The highest BCUT2D eigenvalue weighted by atomic mass is 16.1. The van der Waals surface area contributed by atoms with Crippen molar-refractivity contribution in [1.29, 1.82) is 0 Å². The highest BCUT2D eigenvalue weighted by molar-refractivity contribution is 6.08. The van der Waals surface area contributed by atoms with E-state index in [2.05, 4.69) is 15.4 Å². The number of carbonyl (C=O) groups excluding carboxylic acids is 1. The third-order valence-electron chi connectivity index (χ3n) is 4.00. The molecule has 0 saturated carbocycles. The van der Waals surface area contributed by atoms with Gasteiger partial charge in [-0.2, -0.15) is 5.10 Å².